The van der Waals surface area contributed by atoms with E-state index in [2.05, 4.69) is 10.3 Å². The fraction of sp³-hybridized carbons (Fsp3) is 0.308. The Bertz CT molecular complexity index is 567. The fourth-order valence-corrected chi connectivity index (χ4v) is 2.39. The van der Waals surface area contributed by atoms with E-state index in [1.807, 2.05) is 30.3 Å². The number of aromatic amines is 1. The second-order valence-corrected chi connectivity index (χ2v) is 4.33. The van der Waals surface area contributed by atoms with Crippen LogP contribution in [0.2, 0.25) is 0 Å². The number of benzene rings is 1. The second kappa shape index (κ2) is 3.76. The molecule has 0 aliphatic carbocycles. The van der Waals surface area contributed by atoms with E-state index in [4.69, 9.17) is 0 Å². The van der Waals surface area contributed by atoms with E-state index < -0.39 is 0 Å². The van der Waals surface area contributed by atoms with Crippen molar-refractivity contribution in [2.75, 3.05) is 13.1 Å². The third-order valence-corrected chi connectivity index (χ3v) is 3.28. The molecule has 1 aromatic carbocycles. The minimum atomic E-state index is 0.0624. The van der Waals surface area contributed by atoms with Crippen LogP contribution in [-0.4, -0.2) is 18.1 Å². The van der Waals surface area contributed by atoms with Gasteiger partial charge >= 0.3 is 0 Å². The molecule has 0 spiro atoms. The molecular formula is C13H14N2O. The lowest BCUT2D eigenvalue weighted by Crippen LogP contribution is -2.18. The van der Waals surface area contributed by atoms with E-state index in [1.165, 1.54) is 0 Å². The van der Waals surface area contributed by atoms with E-state index in [1.54, 1.807) is 0 Å². The van der Waals surface area contributed by atoms with E-state index in [0.717, 1.165) is 36.0 Å². The minimum Gasteiger partial charge on any atom is -0.322 e. The van der Waals surface area contributed by atoms with Gasteiger partial charge in [-0.2, -0.15) is 0 Å². The van der Waals surface area contributed by atoms with E-state index in [9.17, 15) is 4.79 Å². The Morgan fingerprint density at radius 2 is 2.12 bits per heavy atom. The van der Waals surface area contributed by atoms with Gasteiger partial charge in [-0.25, -0.2) is 0 Å². The van der Waals surface area contributed by atoms with Gasteiger partial charge in [0, 0.05) is 23.5 Å². The van der Waals surface area contributed by atoms with Crippen molar-refractivity contribution in [1.82, 2.24) is 10.3 Å². The number of hydrogen-bond acceptors (Lipinski definition) is 2. The van der Waals surface area contributed by atoms with Crippen LogP contribution in [-0.2, 0) is 0 Å². The Labute approximate surface area is 93.5 Å². The predicted molar refractivity (Wildman–Crippen MR) is 64.8 cm³/mol. The Balaban J connectivity index is 2.17. The van der Waals surface area contributed by atoms with Crippen molar-refractivity contribution in [2.45, 2.75) is 12.3 Å². The summed E-state index contributed by atoms with van der Waals surface area (Å²) in [6.07, 6.45) is 1.06. The summed E-state index contributed by atoms with van der Waals surface area (Å²) in [6, 6.07) is 9.95. The highest BCUT2D eigenvalue weighted by Gasteiger charge is 2.19. The summed E-state index contributed by atoms with van der Waals surface area (Å²) in [5.41, 5.74) is 1.90. The molecule has 0 amide bonds. The van der Waals surface area contributed by atoms with Gasteiger partial charge in [0.25, 0.3) is 5.56 Å². The first-order chi connectivity index (χ1) is 7.84. The molecule has 1 unspecified atom stereocenters. The van der Waals surface area contributed by atoms with Crippen molar-refractivity contribution in [3.63, 3.8) is 0 Å². The third kappa shape index (κ3) is 1.53. The molecule has 1 aliphatic rings. The normalized spacial score (nSPS) is 20.4. The molecule has 0 radical (unpaired) electrons. The molecule has 3 nitrogen and oxygen atoms in total. The zero-order valence-corrected chi connectivity index (χ0v) is 8.99. The molecule has 2 aromatic rings. The summed E-state index contributed by atoms with van der Waals surface area (Å²) >= 11 is 0. The van der Waals surface area contributed by atoms with Gasteiger partial charge in [0.1, 0.15) is 0 Å². The van der Waals surface area contributed by atoms with Gasteiger partial charge in [-0.05, 0) is 30.5 Å². The molecule has 1 saturated heterocycles. The first-order valence-electron chi connectivity index (χ1n) is 5.67. The van der Waals surface area contributed by atoms with Gasteiger partial charge in [-0.3, -0.25) is 4.79 Å². The van der Waals surface area contributed by atoms with Crippen molar-refractivity contribution in [1.29, 1.82) is 0 Å². The number of H-pyrrole nitrogens is 1. The molecule has 16 heavy (non-hydrogen) atoms. The number of aromatic nitrogens is 1. The SMILES string of the molecule is O=c1[nH]c2ccccc2cc1C1CCNC1. The van der Waals surface area contributed by atoms with Crippen LogP contribution in [0.3, 0.4) is 0 Å². The molecule has 1 fully saturated rings. The van der Waals surface area contributed by atoms with Crippen molar-refractivity contribution in [3.8, 4) is 0 Å². The van der Waals surface area contributed by atoms with Gasteiger partial charge in [0.15, 0.2) is 0 Å². The largest absolute Gasteiger partial charge is 0.322 e. The molecule has 0 saturated carbocycles. The first-order valence-corrected chi connectivity index (χ1v) is 5.67. The van der Waals surface area contributed by atoms with Crippen molar-refractivity contribution >= 4 is 10.9 Å². The average Bonchev–Trinajstić information content (AvgIpc) is 2.81. The van der Waals surface area contributed by atoms with E-state index >= 15 is 0 Å². The van der Waals surface area contributed by atoms with Crippen LogP contribution in [0.5, 0.6) is 0 Å². The van der Waals surface area contributed by atoms with E-state index in [0.29, 0.717) is 5.92 Å². The Morgan fingerprint density at radius 3 is 2.94 bits per heavy atom. The highest BCUT2D eigenvalue weighted by Crippen LogP contribution is 2.21. The average molecular weight is 214 g/mol. The van der Waals surface area contributed by atoms with Gasteiger partial charge in [-0.15, -0.1) is 0 Å². The smallest absolute Gasteiger partial charge is 0.251 e. The number of para-hydroxylation sites is 1. The zero-order chi connectivity index (χ0) is 11.0. The van der Waals surface area contributed by atoms with Crippen LogP contribution in [0.1, 0.15) is 17.9 Å². The lowest BCUT2D eigenvalue weighted by Gasteiger charge is -2.08. The van der Waals surface area contributed by atoms with Crippen LogP contribution >= 0.6 is 0 Å². The summed E-state index contributed by atoms with van der Waals surface area (Å²) in [5, 5.41) is 4.41. The maximum absolute atomic E-state index is 11.9. The highest BCUT2D eigenvalue weighted by molar-refractivity contribution is 5.78. The van der Waals surface area contributed by atoms with Crippen LogP contribution in [0.25, 0.3) is 10.9 Å². The fourth-order valence-electron chi connectivity index (χ4n) is 2.39. The first kappa shape index (κ1) is 9.60. The number of hydrogen-bond donors (Lipinski definition) is 2. The molecule has 0 bridgehead atoms. The van der Waals surface area contributed by atoms with Gasteiger partial charge < -0.3 is 10.3 Å². The summed E-state index contributed by atoms with van der Waals surface area (Å²) < 4.78 is 0. The monoisotopic (exact) mass is 214 g/mol. The summed E-state index contributed by atoms with van der Waals surface area (Å²) in [6.45, 7) is 1.93. The van der Waals surface area contributed by atoms with Crippen LogP contribution in [0, 0.1) is 0 Å². The minimum absolute atomic E-state index is 0.0624. The molecular weight excluding hydrogens is 200 g/mol. The number of pyridine rings is 1. The second-order valence-electron chi connectivity index (χ2n) is 4.33. The predicted octanol–water partition coefficient (Wildman–Crippen LogP) is 1.60. The highest BCUT2D eigenvalue weighted by atomic mass is 16.1. The molecule has 1 atom stereocenters. The standard InChI is InChI=1S/C13H14N2O/c16-13-11(10-5-6-14-8-10)7-9-3-1-2-4-12(9)15-13/h1-4,7,10,14H,5-6,8H2,(H,15,16). The van der Waals surface area contributed by atoms with Gasteiger partial charge in [0.2, 0.25) is 0 Å². The van der Waals surface area contributed by atoms with Gasteiger partial charge in [-0.1, -0.05) is 18.2 Å². The van der Waals surface area contributed by atoms with Crippen molar-refractivity contribution in [2.24, 2.45) is 0 Å². The van der Waals surface area contributed by atoms with E-state index in [-0.39, 0.29) is 5.56 Å². The quantitative estimate of drug-likeness (QED) is 0.757. The van der Waals surface area contributed by atoms with Crippen LogP contribution in [0.4, 0.5) is 0 Å². The molecule has 1 aliphatic heterocycles. The maximum atomic E-state index is 11.9. The molecule has 1 aromatic heterocycles. The number of rotatable bonds is 1. The Kier molecular flexibility index (Phi) is 2.26. The molecule has 3 rings (SSSR count). The zero-order valence-electron chi connectivity index (χ0n) is 8.99. The van der Waals surface area contributed by atoms with Crippen molar-refractivity contribution in [3.05, 3.63) is 46.2 Å². The maximum Gasteiger partial charge on any atom is 0.251 e. The Hall–Kier alpha value is -1.61. The Morgan fingerprint density at radius 1 is 1.25 bits per heavy atom. The number of fused-ring (bicyclic) bond motifs is 1. The third-order valence-electron chi connectivity index (χ3n) is 3.28. The van der Waals surface area contributed by atoms with Crippen LogP contribution in [0.15, 0.2) is 35.1 Å². The van der Waals surface area contributed by atoms with Crippen LogP contribution < -0.4 is 10.9 Å². The molecule has 82 valence electrons. The van der Waals surface area contributed by atoms with Gasteiger partial charge in [0.05, 0.1) is 0 Å². The summed E-state index contributed by atoms with van der Waals surface area (Å²) in [5.74, 6) is 0.369. The molecule has 2 heterocycles. The van der Waals surface area contributed by atoms with Crippen molar-refractivity contribution < 1.29 is 0 Å². The number of nitrogens with one attached hydrogen (secondary N) is 2. The molecule has 2 N–H and O–H groups in total. The summed E-state index contributed by atoms with van der Waals surface area (Å²) in [4.78, 5) is 14.9. The topological polar surface area (TPSA) is 44.9 Å². The molecule has 3 heteroatoms. The lowest BCUT2D eigenvalue weighted by molar-refractivity contribution is 0.753. The summed E-state index contributed by atoms with van der Waals surface area (Å²) in [7, 11) is 0. The lowest BCUT2D eigenvalue weighted by atomic mass is 9.98.